The van der Waals surface area contributed by atoms with E-state index in [2.05, 4.69) is 50.4 Å². The van der Waals surface area contributed by atoms with Gasteiger partial charge in [0.1, 0.15) is 0 Å². The first-order valence-electron chi connectivity index (χ1n) is 4.47. The van der Waals surface area contributed by atoms with Crippen LogP contribution in [0.25, 0.3) is 10.1 Å². The summed E-state index contributed by atoms with van der Waals surface area (Å²) >= 11 is 1.68. The second kappa shape index (κ2) is 2.85. The average Bonchev–Trinajstić information content (AvgIpc) is 2.47. The molecule has 0 aliphatic carbocycles. The Kier molecular flexibility index (Phi) is 1.92. The summed E-state index contributed by atoms with van der Waals surface area (Å²) in [5.41, 5.74) is 1.64. The van der Waals surface area contributed by atoms with Gasteiger partial charge in [0.15, 0.2) is 0 Å². The molecule has 2 rings (SSSR count). The van der Waals surface area contributed by atoms with Crippen molar-refractivity contribution in [2.75, 3.05) is 0 Å². The Balaban J connectivity index is 2.61. The molecule has 0 spiro atoms. The summed E-state index contributed by atoms with van der Waals surface area (Å²) in [5.74, 6) is 0. The molecule has 0 saturated carbocycles. The van der Waals surface area contributed by atoms with Gasteiger partial charge in [0.2, 0.25) is 0 Å². The molecule has 0 bridgehead atoms. The lowest BCUT2D eigenvalue weighted by atomic mass is 9.87. The maximum absolute atomic E-state index is 3.16. The monoisotopic (exact) mass is 189 g/mol. The van der Waals surface area contributed by atoms with Crippen molar-refractivity contribution in [2.24, 2.45) is 0 Å². The molecule has 0 aliphatic heterocycles. The third-order valence-electron chi connectivity index (χ3n) is 2.26. The number of thiophene rings is 1. The van der Waals surface area contributed by atoms with Crippen LogP contribution >= 0.6 is 11.3 Å². The lowest BCUT2D eigenvalue weighted by Crippen LogP contribution is -2.10. The van der Waals surface area contributed by atoms with Gasteiger partial charge >= 0.3 is 0 Å². The van der Waals surface area contributed by atoms with Gasteiger partial charge in [-0.1, -0.05) is 26.8 Å². The molecule has 0 saturated heterocycles. The van der Waals surface area contributed by atoms with Crippen molar-refractivity contribution in [3.8, 4) is 0 Å². The van der Waals surface area contributed by atoms with E-state index in [1.54, 1.807) is 11.3 Å². The van der Waals surface area contributed by atoms with E-state index in [1.165, 1.54) is 15.6 Å². The van der Waals surface area contributed by atoms with Crippen molar-refractivity contribution in [1.82, 2.24) is 0 Å². The fourth-order valence-electron chi connectivity index (χ4n) is 1.38. The van der Waals surface area contributed by atoms with Crippen molar-refractivity contribution in [2.45, 2.75) is 26.2 Å². The second-order valence-electron chi connectivity index (χ2n) is 4.37. The van der Waals surface area contributed by atoms with Crippen LogP contribution in [0.4, 0.5) is 0 Å². The fourth-order valence-corrected chi connectivity index (χ4v) is 2.06. The lowest BCUT2D eigenvalue weighted by molar-refractivity contribution is 0.591. The minimum absolute atomic E-state index is 0.246. The quantitative estimate of drug-likeness (QED) is 0.587. The van der Waals surface area contributed by atoms with Gasteiger partial charge in [-0.15, -0.1) is 11.3 Å². The third-order valence-corrected chi connectivity index (χ3v) is 3.09. The molecule has 1 heterocycles. The fraction of sp³-hybridized carbons (Fsp3) is 0.333. The number of fused-ring (bicyclic) bond motifs is 1. The van der Waals surface area contributed by atoms with Gasteiger partial charge in [0.05, 0.1) is 0 Å². The van der Waals surface area contributed by atoms with Gasteiger partial charge in [-0.25, -0.2) is 0 Å². The molecule has 0 unspecified atom stereocenters. The molecule has 1 aromatic carbocycles. The zero-order chi connectivity index (χ0) is 9.47. The molecule has 0 atom stereocenters. The lowest BCUT2D eigenvalue weighted by Gasteiger charge is -2.18. The summed E-state index contributed by atoms with van der Waals surface area (Å²) in [6.45, 7) is 6.72. The summed E-state index contributed by atoms with van der Waals surface area (Å²) in [6, 6.07) is 8.74. The molecule has 0 aliphatic rings. The van der Waals surface area contributed by atoms with E-state index in [-0.39, 0.29) is 5.41 Å². The van der Waals surface area contributed by atoms with Crippen molar-refractivity contribution in [3.05, 3.63) is 35.2 Å². The van der Waals surface area contributed by atoms with Crippen LogP contribution in [-0.4, -0.2) is 0 Å². The molecule has 13 heavy (non-hydrogen) atoms. The van der Waals surface area contributed by atoms with E-state index in [0.29, 0.717) is 0 Å². The standard InChI is InChI=1S/C12H13S/c1-12(2,3)10-4-5-11-9(8-10)6-7-13-11/h4-6,8H,1-3H3. The predicted molar refractivity (Wildman–Crippen MR) is 59.4 cm³/mol. The summed E-state index contributed by atoms with van der Waals surface area (Å²) in [5, 5.41) is 4.48. The van der Waals surface area contributed by atoms with Crippen LogP contribution < -0.4 is 0 Å². The van der Waals surface area contributed by atoms with E-state index in [0.717, 1.165) is 0 Å². The SMILES string of the molecule is CC(C)(C)c1ccc2s[c]cc2c1. The molecule has 67 valence electrons. The maximum atomic E-state index is 3.16. The Morgan fingerprint density at radius 3 is 2.69 bits per heavy atom. The predicted octanol–water partition coefficient (Wildman–Crippen LogP) is 4.00. The Bertz CT molecular complexity index is 418. The molecule has 1 heteroatoms. The van der Waals surface area contributed by atoms with Crippen LogP contribution in [0.1, 0.15) is 26.3 Å². The first kappa shape index (κ1) is 8.76. The van der Waals surface area contributed by atoms with Gasteiger partial charge in [-0.3, -0.25) is 0 Å². The zero-order valence-electron chi connectivity index (χ0n) is 8.22. The molecule has 0 amide bonds. The van der Waals surface area contributed by atoms with E-state index in [9.17, 15) is 0 Å². The highest BCUT2D eigenvalue weighted by molar-refractivity contribution is 7.16. The summed E-state index contributed by atoms with van der Waals surface area (Å²) < 4.78 is 1.33. The highest BCUT2D eigenvalue weighted by atomic mass is 32.1. The van der Waals surface area contributed by atoms with E-state index in [4.69, 9.17) is 0 Å². The van der Waals surface area contributed by atoms with Crippen LogP contribution in [0.5, 0.6) is 0 Å². The molecule has 1 radical (unpaired) electrons. The Labute approximate surface area is 83.2 Å². The number of hydrogen-bond donors (Lipinski definition) is 0. The van der Waals surface area contributed by atoms with Gasteiger partial charge < -0.3 is 0 Å². The van der Waals surface area contributed by atoms with Gasteiger partial charge in [0.25, 0.3) is 0 Å². The number of hydrogen-bond acceptors (Lipinski definition) is 1. The minimum atomic E-state index is 0.246. The van der Waals surface area contributed by atoms with Crippen LogP contribution in [0, 0.1) is 5.38 Å². The van der Waals surface area contributed by atoms with Crippen LogP contribution in [0.2, 0.25) is 0 Å². The Morgan fingerprint density at radius 1 is 1.23 bits per heavy atom. The third kappa shape index (κ3) is 1.61. The molecule has 0 fully saturated rings. The minimum Gasteiger partial charge on any atom is -0.134 e. The van der Waals surface area contributed by atoms with Gasteiger partial charge in [0, 0.05) is 10.1 Å². The van der Waals surface area contributed by atoms with E-state index >= 15 is 0 Å². The van der Waals surface area contributed by atoms with Crippen molar-refractivity contribution in [3.63, 3.8) is 0 Å². The summed E-state index contributed by atoms with van der Waals surface area (Å²) in [7, 11) is 0. The van der Waals surface area contributed by atoms with E-state index < -0.39 is 0 Å². The Morgan fingerprint density at radius 2 is 2.00 bits per heavy atom. The highest BCUT2D eigenvalue weighted by Gasteiger charge is 2.13. The van der Waals surface area contributed by atoms with Crippen molar-refractivity contribution < 1.29 is 0 Å². The molecule has 1 aromatic heterocycles. The maximum Gasteiger partial charge on any atom is 0.0455 e. The van der Waals surface area contributed by atoms with Gasteiger partial charge in [-0.2, -0.15) is 0 Å². The summed E-state index contributed by atoms with van der Waals surface area (Å²) in [6.07, 6.45) is 0. The smallest absolute Gasteiger partial charge is 0.0455 e. The number of benzene rings is 1. The van der Waals surface area contributed by atoms with Crippen LogP contribution in [-0.2, 0) is 5.41 Å². The number of rotatable bonds is 0. The van der Waals surface area contributed by atoms with Crippen molar-refractivity contribution >= 4 is 21.4 Å². The molecule has 0 nitrogen and oxygen atoms in total. The zero-order valence-corrected chi connectivity index (χ0v) is 9.03. The molecule has 2 aromatic rings. The van der Waals surface area contributed by atoms with Crippen LogP contribution in [0.15, 0.2) is 24.3 Å². The largest absolute Gasteiger partial charge is 0.134 e. The molecular weight excluding hydrogens is 176 g/mol. The topological polar surface area (TPSA) is 0 Å². The van der Waals surface area contributed by atoms with E-state index in [1.807, 2.05) is 0 Å². The normalized spacial score (nSPS) is 12.2. The highest BCUT2D eigenvalue weighted by Crippen LogP contribution is 2.28. The average molecular weight is 189 g/mol. The first-order chi connectivity index (χ1) is 6.07. The second-order valence-corrected chi connectivity index (χ2v) is 5.25. The molecular formula is C12H13S. The molecule has 0 N–H and O–H groups in total. The van der Waals surface area contributed by atoms with Gasteiger partial charge in [-0.05, 0) is 34.6 Å². The Hall–Kier alpha value is -0.820. The van der Waals surface area contributed by atoms with Crippen molar-refractivity contribution in [1.29, 1.82) is 0 Å². The summed E-state index contributed by atoms with van der Waals surface area (Å²) in [4.78, 5) is 0. The first-order valence-corrected chi connectivity index (χ1v) is 5.29. The van der Waals surface area contributed by atoms with Crippen LogP contribution in [0.3, 0.4) is 0 Å².